The number of thioether (sulfide) groups is 1. The molecular formula is C15H17N3OS. The van der Waals surface area contributed by atoms with Crippen molar-refractivity contribution in [3.05, 3.63) is 42.0 Å². The minimum Gasteiger partial charge on any atom is -0.334 e. The van der Waals surface area contributed by atoms with Crippen LogP contribution in [0.3, 0.4) is 0 Å². The van der Waals surface area contributed by atoms with Gasteiger partial charge in [0.2, 0.25) is 0 Å². The standard InChI is InChI=1S/C15H17N3OS/c1-20-12-7-5-11(6-8-12)16-15(19)13-10-18-9-3-2-4-14(18)17-13/h5-8,10H,2-4,9H2,1H3,(H,16,19). The second-order valence-corrected chi connectivity index (χ2v) is 5.76. The fourth-order valence-corrected chi connectivity index (χ4v) is 2.80. The number of carbonyl (C=O) groups is 1. The van der Waals surface area contributed by atoms with E-state index in [9.17, 15) is 4.79 Å². The molecule has 0 saturated heterocycles. The van der Waals surface area contributed by atoms with E-state index >= 15 is 0 Å². The minimum absolute atomic E-state index is 0.135. The van der Waals surface area contributed by atoms with Crippen LogP contribution < -0.4 is 5.32 Å². The van der Waals surface area contributed by atoms with Crippen molar-refractivity contribution in [3.8, 4) is 0 Å². The first-order valence-corrected chi connectivity index (χ1v) is 8.00. The number of benzene rings is 1. The van der Waals surface area contributed by atoms with Crippen LogP contribution >= 0.6 is 11.8 Å². The minimum atomic E-state index is -0.135. The maximum Gasteiger partial charge on any atom is 0.275 e. The highest BCUT2D eigenvalue weighted by Crippen LogP contribution is 2.19. The maximum absolute atomic E-state index is 12.2. The third-order valence-electron chi connectivity index (χ3n) is 3.49. The summed E-state index contributed by atoms with van der Waals surface area (Å²) in [4.78, 5) is 17.8. The lowest BCUT2D eigenvalue weighted by atomic mass is 10.2. The van der Waals surface area contributed by atoms with Gasteiger partial charge in [0.25, 0.3) is 5.91 Å². The van der Waals surface area contributed by atoms with E-state index in [-0.39, 0.29) is 5.91 Å². The molecule has 5 heteroatoms. The van der Waals surface area contributed by atoms with Gasteiger partial charge in [-0.2, -0.15) is 0 Å². The average Bonchev–Trinajstić information content (AvgIpc) is 2.92. The first-order valence-electron chi connectivity index (χ1n) is 6.78. The molecule has 104 valence electrons. The molecule has 0 bridgehead atoms. The second-order valence-electron chi connectivity index (χ2n) is 4.88. The van der Waals surface area contributed by atoms with E-state index < -0.39 is 0 Å². The van der Waals surface area contributed by atoms with E-state index in [4.69, 9.17) is 0 Å². The van der Waals surface area contributed by atoms with E-state index in [2.05, 4.69) is 14.9 Å². The normalized spacial score (nSPS) is 13.8. The summed E-state index contributed by atoms with van der Waals surface area (Å²) in [6.07, 6.45) is 7.19. The summed E-state index contributed by atoms with van der Waals surface area (Å²) in [6.45, 7) is 0.970. The number of hydrogen-bond donors (Lipinski definition) is 1. The van der Waals surface area contributed by atoms with Crippen molar-refractivity contribution < 1.29 is 4.79 Å². The Morgan fingerprint density at radius 1 is 1.30 bits per heavy atom. The van der Waals surface area contributed by atoms with Crippen LogP contribution in [-0.4, -0.2) is 21.7 Å². The van der Waals surface area contributed by atoms with Gasteiger partial charge in [-0.25, -0.2) is 4.98 Å². The van der Waals surface area contributed by atoms with Crippen molar-refractivity contribution >= 4 is 23.4 Å². The van der Waals surface area contributed by atoms with Gasteiger partial charge < -0.3 is 9.88 Å². The maximum atomic E-state index is 12.2. The lowest BCUT2D eigenvalue weighted by molar-refractivity contribution is 0.102. The first kappa shape index (κ1) is 13.2. The van der Waals surface area contributed by atoms with Crippen molar-refractivity contribution in [1.82, 2.24) is 9.55 Å². The molecule has 1 amide bonds. The van der Waals surface area contributed by atoms with Gasteiger partial charge in [-0.15, -0.1) is 11.8 Å². The summed E-state index contributed by atoms with van der Waals surface area (Å²) in [5.41, 5.74) is 1.31. The molecular weight excluding hydrogens is 270 g/mol. The van der Waals surface area contributed by atoms with Crippen molar-refractivity contribution in [3.63, 3.8) is 0 Å². The zero-order valence-corrected chi connectivity index (χ0v) is 12.2. The van der Waals surface area contributed by atoms with Crippen molar-refractivity contribution in [2.24, 2.45) is 0 Å². The summed E-state index contributed by atoms with van der Waals surface area (Å²) in [5, 5.41) is 2.89. The molecule has 2 aromatic rings. The molecule has 0 radical (unpaired) electrons. The summed E-state index contributed by atoms with van der Waals surface area (Å²) in [7, 11) is 0. The van der Waals surface area contributed by atoms with Crippen LogP contribution in [0.2, 0.25) is 0 Å². The molecule has 0 spiro atoms. The van der Waals surface area contributed by atoms with Gasteiger partial charge >= 0.3 is 0 Å². The van der Waals surface area contributed by atoms with E-state index in [1.807, 2.05) is 36.7 Å². The number of nitrogens with zero attached hydrogens (tertiary/aromatic N) is 2. The molecule has 0 saturated carbocycles. The van der Waals surface area contributed by atoms with Gasteiger partial charge in [0, 0.05) is 29.7 Å². The topological polar surface area (TPSA) is 46.9 Å². The zero-order chi connectivity index (χ0) is 13.9. The lowest BCUT2D eigenvalue weighted by Gasteiger charge is -2.11. The quantitative estimate of drug-likeness (QED) is 0.882. The van der Waals surface area contributed by atoms with Gasteiger partial charge in [-0.1, -0.05) is 0 Å². The van der Waals surface area contributed by atoms with E-state index in [0.717, 1.165) is 30.9 Å². The summed E-state index contributed by atoms with van der Waals surface area (Å²) >= 11 is 1.68. The highest BCUT2D eigenvalue weighted by atomic mass is 32.2. The highest BCUT2D eigenvalue weighted by Gasteiger charge is 2.16. The van der Waals surface area contributed by atoms with Gasteiger partial charge in [0.05, 0.1) is 0 Å². The number of amides is 1. The van der Waals surface area contributed by atoms with Crippen LogP contribution in [-0.2, 0) is 13.0 Å². The van der Waals surface area contributed by atoms with Crippen LogP contribution in [0.25, 0.3) is 0 Å². The molecule has 0 unspecified atom stereocenters. The molecule has 4 nitrogen and oxygen atoms in total. The van der Waals surface area contributed by atoms with Gasteiger partial charge in [0.1, 0.15) is 11.5 Å². The highest BCUT2D eigenvalue weighted by molar-refractivity contribution is 7.98. The Morgan fingerprint density at radius 2 is 2.10 bits per heavy atom. The molecule has 1 aliphatic rings. The fourth-order valence-electron chi connectivity index (χ4n) is 2.39. The fraction of sp³-hybridized carbons (Fsp3) is 0.333. The van der Waals surface area contributed by atoms with Crippen molar-refractivity contribution in [2.75, 3.05) is 11.6 Å². The third-order valence-corrected chi connectivity index (χ3v) is 4.23. The number of aryl methyl sites for hydroxylation is 2. The predicted octanol–water partition coefficient (Wildman–Crippen LogP) is 3.19. The Kier molecular flexibility index (Phi) is 3.78. The number of carbonyl (C=O) groups excluding carboxylic acids is 1. The molecule has 0 aliphatic carbocycles. The molecule has 1 aliphatic heterocycles. The Balaban J connectivity index is 1.73. The van der Waals surface area contributed by atoms with E-state index in [1.54, 1.807) is 11.8 Å². The SMILES string of the molecule is CSc1ccc(NC(=O)c2cn3c(n2)CCCC3)cc1. The average molecular weight is 287 g/mol. The van der Waals surface area contributed by atoms with Crippen LogP contribution in [0.5, 0.6) is 0 Å². The van der Waals surface area contributed by atoms with E-state index in [1.165, 1.54) is 11.3 Å². The van der Waals surface area contributed by atoms with Crippen LogP contribution in [0.1, 0.15) is 29.2 Å². The number of hydrogen-bond acceptors (Lipinski definition) is 3. The van der Waals surface area contributed by atoms with Crippen LogP contribution in [0.15, 0.2) is 35.4 Å². The molecule has 3 rings (SSSR count). The predicted molar refractivity (Wildman–Crippen MR) is 81.3 cm³/mol. The summed E-state index contributed by atoms with van der Waals surface area (Å²) in [5.74, 6) is 0.892. The van der Waals surface area contributed by atoms with Gasteiger partial charge in [0.15, 0.2) is 0 Å². The number of anilines is 1. The van der Waals surface area contributed by atoms with Crippen molar-refractivity contribution in [1.29, 1.82) is 0 Å². The Bertz CT molecular complexity index is 595. The molecule has 1 aromatic heterocycles. The smallest absolute Gasteiger partial charge is 0.275 e. The second kappa shape index (κ2) is 5.71. The summed E-state index contributed by atoms with van der Waals surface area (Å²) < 4.78 is 2.09. The summed E-state index contributed by atoms with van der Waals surface area (Å²) in [6, 6.07) is 7.83. The van der Waals surface area contributed by atoms with Crippen LogP contribution in [0, 0.1) is 0 Å². The first-order chi connectivity index (χ1) is 9.76. The molecule has 0 fully saturated rings. The number of aromatic nitrogens is 2. The Morgan fingerprint density at radius 3 is 2.80 bits per heavy atom. The van der Waals surface area contributed by atoms with Gasteiger partial charge in [-0.05, 0) is 43.4 Å². The lowest BCUT2D eigenvalue weighted by Crippen LogP contribution is -2.12. The third kappa shape index (κ3) is 2.72. The Hall–Kier alpha value is -1.75. The van der Waals surface area contributed by atoms with Crippen LogP contribution in [0.4, 0.5) is 5.69 Å². The number of rotatable bonds is 3. The Labute approximate surface area is 122 Å². The van der Waals surface area contributed by atoms with Gasteiger partial charge in [-0.3, -0.25) is 4.79 Å². The number of imidazole rings is 1. The monoisotopic (exact) mass is 287 g/mol. The largest absolute Gasteiger partial charge is 0.334 e. The zero-order valence-electron chi connectivity index (χ0n) is 11.4. The number of nitrogens with one attached hydrogen (secondary N) is 1. The number of fused-ring (bicyclic) bond motifs is 1. The molecule has 1 aromatic carbocycles. The van der Waals surface area contributed by atoms with Crippen molar-refractivity contribution in [2.45, 2.75) is 30.7 Å². The molecule has 1 N–H and O–H groups in total. The molecule has 2 heterocycles. The van der Waals surface area contributed by atoms with E-state index in [0.29, 0.717) is 5.69 Å². The molecule has 20 heavy (non-hydrogen) atoms. The molecule has 0 atom stereocenters.